The second-order valence-corrected chi connectivity index (χ2v) is 3.54. The van der Waals surface area contributed by atoms with Gasteiger partial charge < -0.3 is 0 Å². The molecule has 0 amide bonds. The zero-order valence-electron chi connectivity index (χ0n) is 5.23. The van der Waals surface area contributed by atoms with E-state index in [-0.39, 0.29) is 6.10 Å². The van der Waals surface area contributed by atoms with Crippen molar-refractivity contribution in [1.82, 2.24) is 0 Å². The van der Waals surface area contributed by atoms with E-state index >= 15 is 0 Å². The van der Waals surface area contributed by atoms with Crippen molar-refractivity contribution in [1.29, 1.82) is 0 Å². The van der Waals surface area contributed by atoms with Gasteiger partial charge in [-0.15, -0.1) is 0 Å². The predicted octanol–water partition coefficient (Wildman–Crippen LogP) is 0.154. The topological polar surface area (TPSA) is 61.6 Å². The summed E-state index contributed by atoms with van der Waals surface area (Å²) in [4.78, 5) is 9.53. The number of hydrogen-bond acceptors (Lipinski definition) is 4. The van der Waals surface area contributed by atoms with Gasteiger partial charge in [0.1, 0.15) is 0 Å². The first-order valence-electron chi connectivity index (χ1n) is 2.41. The first-order valence-corrected chi connectivity index (χ1v) is 5.10. The fraction of sp³-hybridized carbons (Fsp3) is 1.00. The van der Waals surface area contributed by atoms with E-state index in [1.54, 1.807) is 0 Å². The van der Waals surface area contributed by atoms with Gasteiger partial charge in [-0.05, 0) is 0 Å². The molecule has 5 nitrogen and oxygen atoms in total. The molecule has 0 aromatic carbocycles. The molecule has 1 radical (unpaired) electrons. The monoisotopic (exact) mass is 236 g/mol. The van der Waals surface area contributed by atoms with Crippen LogP contribution >= 0.6 is 0 Å². The average molecular weight is 236 g/mol. The van der Waals surface area contributed by atoms with Crippen LogP contribution in [-0.2, 0) is 5.81 Å². The van der Waals surface area contributed by atoms with E-state index in [0.29, 0.717) is 0 Å². The van der Waals surface area contributed by atoms with Crippen molar-refractivity contribution in [3.8, 4) is 0 Å². The van der Waals surface area contributed by atoms with Gasteiger partial charge in [-0.3, -0.25) is 0 Å². The van der Waals surface area contributed by atoms with Crippen LogP contribution in [0.1, 0.15) is 13.8 Å². The summed E-state index contributed by atoms with van der Waals surface area (Å²) in [5.41, 5.74) is 0. The standard InChI is InChI=1S/C3H7O.In.NO3/c1-3(2)4;;2-1(3)4/h3H,1-2H3;;/q-1;+2;-1. The summed E-state index contributed by atoms with van der Waals surface area (Å²) in [6.45, 7) is 3.63. The van der Waals surface area contributed by atoms with E-state index in [0.717, 1.165) is 0 Å². The van der Waals surface area contributed by atoms with Crippen molar-refractivity contribution in [3.05, 3.63) is 10.1 Å². The summed E-state index contributed by atoms with van der Waals surface area (Å²) < 4.78 is 8.92. The molecule has 0 heterocycles. The number of hydrogen-bond donors (Lipinski definition) is 0. The summed E-state index contributed by atoms with van der Waals surface area (Å²) in [6, 6.07) is 0. The quantitative estimate of drug-likeness (QED) is 0.515. The van der Waals surface area contributed by atoms with Gasteiger partial charge in [0.2, 0.25) is 0 Å². The summed E-state index contributed by atoms with van der Waals surface area (Å²) in [5, 5.41) is 8.73. The molecule has 51 valence electrons. The first-order chi connectivity index (χ1) is 4.13. The van der Waals surface area contributed by atoms with Crippen molar-refractivity contribution in [2.75, 3.05) is 0 Å². The Morgan fingerprint density at radius 3 is 2.56 bits per heavy atom. The van der Waals surface area contributed by atoms with Gasteiger partial charge in [0.25, 0.3) is 0 Å². The van der Waals surface area contributed by atoms with Crippen LogP contribution < -0.4 is 0 Å². The summed E-state index contributed by atoms with van der Waals surface area (Å²) in [6.07, 6.45) is 0.0474. The van der Waals surface area contributed by atoms with E-state index in [9.17, 15) is 10.1 Å². The van der Waals surface area contributed by atoms with Gasteiger partial charge in [-0.1, -0.05) is 0 Å². The van der Waals surface area contributed by atoms with Crippen molar-refractivity contribution in [2.45, 2.75) is 20.0 Å². The number of nitrogens with zero attached hydrogens (tertiary/aromatic N) is 1. The maximum atomic E-state index is 9.53. The molecule has 0 aliphatic heterocycles. The van der Waals surface area contributed by atoms with Crippen molar-refractivity contribution >= 4 is 23.8 Å². The van der Waals surface area contributed by atoms with E-state index in [1.807, 2.05) is 13.8 Å². The van der Waals surface area contributed by atoms with Gasteiger partial charge in [-0.2, -0.15) is 0 Å². The first kappa shape index (κ1) is 9.03. The van der Waals surface area contributed by atoms with Gasteiger partial charge in [0.15, 0.2) is 0 Å². The summed E-state index contributed by atoms with van der Waals surface area (Å²) in [7, 11) is 0. The van der Waals surface area contributed by atoms with E-state index in [1.165, 1.54) is 0 Å². The molecule has 0 aromatic heterocycles. The Labute approximate surface area is 65.0 Å². The normalized spacial score (nSPS) is 9.22. The Morgan fingerprint density at radius 1 is 1.67 bits per heavy atom. The summed E-state index contributed by atoms with van der Waals surface area (Å²) in [5.74, 6) is 0. The SMILES string of the molecule is CC(C)[O][In][O][N+](=O)[O-]. The fourth-order valence-corrected chi connectivity index (χ4v) is 1.15. The van der Waals surface area contributed by atoms with Crippen LogP contribution in [0.2, 0.25) is 0 Å². The van der Waals surface area contributed by atoms with Crippen molar-refractivity contribution in [3.63, 3.8) is 0 Å². The molecule has 0 saturated carbocycles. The maximum absolute atomic E-state index is 9.53. The van der Waals surface area contributed by atoms with Crippen LogP contribution in [0, 0.1) is 10.1 Å². The van der Waals surface area contributed by atoms with Crippen molar-refractivity contribution < 1.29 is 10.9 Å². The minimum absolute atomic E-state index is 0.0474. The predicted molar refractivity (Wildman–Crippen MR) is 30.1 cm³/mol. The molecular formula is C3H7InNO4. The molecule has 0 bridgehead atoms. The number of rotatable bonds is 4. The van der Waals surface area contributed by atoms with Gasteiger partial charge >= 0.3 is 64.7 Å². The third-order valence-electron chi connectivity index (χ3n) is 0.457. The average Bonchev–Trinajstić information content (AvgIpc) is 1.63. The van der Waals surface area contributed by atoms with Crippen LogP contribution in [0.3, 0.4) is 0 Å². The van der Waals surface area contributed by atoms with Gasteiger partial charge in [0, 0.05) is 0 Å². The molecule has 0 aromatic rings. The molecule has 0 spiro atoms. The molecule has 0 aliphatic carbocycles. The molecule has 0 unspecified atom stereocenters. The van der Waals surface area contributed by atoms with Crippen LogP contribution in [0.5, 0.6) is 0 Å². The Balaban J connectivity index is 3.01. The molecule has 0 saturated heterocycles. The van der Waals surface area contributed by atoms with Crippen LogP contribution in [-0.4, -0.2) is 35.0 Å². The summed E-state index contributed by atoms with van der Waals surface area (Å²) >= 11 is -1.79. The van der Waals surface area contributed by atoms with E-state index in [2.05, 4.69) is 2.96 Å². The second kappa shape index (κ2) is 4.87. The zero-order valence-corrected chi connectivity index (χ0v) is 8.53. The van der Waals surface area contributed by atoms with Crippen molar-refractivity contribution in [2.24, 2.45) is 0 Å². The third-order valence-corrected chi connectivity index (χ3v) is 3.06. The van der Waals surface area contributed by atoms with Crippen LogP contribution in [0.25, 0.3) is 0 Å². The van der Waals surface area contributed by atoms with E-state index in [4.69, 9.17) is 2.85 Å². The molecule has 6 heteroatoms. The minimum atomic E-state index is -1.79. The zero-order chi connectivity index (χ0) is 7.28. The molecule has 0 rings (SSSR count). The fourth-order valence-electron chi connectivity index (χ4n) is 0.171. The molecule has 0 fully saturated rings. The Kier molecular flexibility index (Phi) is 4.88. The van der Waals surface area contributed by atoms with Crippen LogP contribution in [0.15, 0.2) is 0 Å². The second-order valence-electron chi connectivity index (χ2n) is 1.61. The molecular weight excluding hydrogens is 229 g/mol. The Morgan fingerprint density at radius 2 is 2.22 bits per heavy atom. The Hall–Kier alpha value is 0.0301. The van der Waals surface area contributed by atoms with Crippen LogP contribution in [0.4, 0.5) is 0 Å². The van der Waals surface area contributed by atoms with Gasteiger partial charge in [0.05, 0.1) is 0 Å². The third kappa shape index (κ3) is 8.03. The molecule has 0 atom stereocenters. The molecule has 9 heavy (non-hydrogen) atoms. The Bertz CT molecular complexity index is 95.8. The van der Waals surface area contributed by atoms with E-state index < -0.39 is 28.9 Å². The van der Waals surface area contributed by atoms with Gasteiger partial charge in [-0.25, -0.2) is 0 Å². The molecule has 0 aliphatic rings. The molecule has 0 N–H and O–H groups in total.